The van der Waals surface area contributed by atoms with Crippen LogP contribution >= 0.6 is 0 Å². The minimum Gasteiger partial charge on any atom is -0.315 e. The summed E-state index contributed by atoms with van der Waals surface area (Å²) >= 11 is 0. The zero-order chi connectivity index (χ0) is 14.5. The van der Waals surface area contributed by atoms with E-state index in [9.17, 15) is 0 Å². The molecule has 2 aromatic heterocycles. The van der Waals surface area contributed by atoms with Gasteiger partial charge >= 0.3 is 0 Å². The summed E-state index contributed by atoms with van der Waals surface area (Å²) in [6.45, 7) is 4.72. The van der Waals surface area contributed by atoms with Crippen molar-refractivity contribution in [2.45, 2.75) is 39.3 Å². The zero-order valence-electron chi connectivity index (χ0n) is 11.6. The van der Waals surface area contributed by atoms with Crippen LogP contribution in [0.3, 0.4) is 0 Å². The molecule has 0 atom stereocenters. The smallest absolute Gasteiger partial charge is 0.176 e. The van der Waals surface area contributed by atoms with Crippen molar-refractivity contribution < 1.29 is 0 Å². The molecule has 2 heterocycles. The zero-order valence-corrected chi connectivity index (χ0v) is 11.6. The van der Waals surface area contributed by atoms with Gasteiger partial charge in [-0.25, -0.2) is 4.98 Å². The highest BCUT2D eigenvalue weighted by Crippen LogP contribution is 2.15. The first-order valence-electron chi connectivity index (χ1n) is 6.62. The fraction of sp³-hybridized carbons (Fsp3) is 0.429. The summed E-state index contributed by atoms with van der Waals surface area (Å²) in [5.41, 5.74) is 1.30. The average molecular weight is 268 g/mol. The molecule has 0 fully saturated rings. The first kappa shape index (κ1) is 13.8. The maximum Gasteiger partial charge on any atom is 0.176 e. The van der Waals surface area contributed by atoms with E-state index in [1.165, 1.54) is 6.33 Å². The van der Waals surface area contributed by atoms with Crippen LogP contribution in [0.5, 0.6) is 0 Å². The van der Waals surface area contributed by atoms with E-state index in [0.717, 1.165) is 18.5 Å². The molecule has 0 spiro atoms. The molecule has 0 amide bonds. The van der Waals surface area contributed by atoms with Gasteiger partial charge in [-0.3, -0.25) is 4.68 Å². The van der Waals surface area contributed by atoms with Crippen LogP contribution in [0.1, 0.15) is 49.8 Å². The lowest BCUT2D eigenvalue weighted by Crippen LogP contribution is -2.09. The Labute approximate surface area is 117 Å². The van der Waals surface area contributed by atoms with E-state index >= 15 is 0 Å². The molecular weight excluding hydrogens is 252 g/mol. The summed E-state index contributed by atoms with van der Waals surface area (Å²) in [5.74, 6) is 0. The van der Waals surface area contributed by atoms with Crippen LogP contribution in [0.25, 0.3) is 0 Å². The standard InChI is InChI=1S/C14H16N6/c1-3-12(4-2)20-6-5-11(18-20)9-19-10-17-13(7-15)14(19)8-16/h5-6,10,12H,3-4,9H2,1-2H3. The Bertz CT molecular complexity index is 663. The van der Waals surface area contributed by atoms with Crippen LogP contribution in [0.4, 0.5) is 0 Å². The molecule has 0 bridgehead atoms. The molecule has 0 N–H and O–H groups in total. The summed E-state index contributed by atoms with van der Waals surface area (Å²) in [6.07, 6.45) is 5.53. The van der Waals surface area contributed by atoms with Gasteiger partial charge in [-0.05, 0) is 18.9 Å². The van der Waals surface area contributed by atoms with Crippen LogP contribution in [0.2, 0.25) is 0 Å². The molecule has 0 aliphatic carbocycles. The van der Waals surface area contributed by atoms with Gasteiger partial charge in [0.2, 0.25) is 0 Å². The summed E-state index contributed by atoms with van der Waals surface area (Å²) in [4.78, 5) is 3.92. The van der Waals surface area contributed by atoms with Crippen LogP contribution in [-0.4, -0.2) is 19.3 Å². The van der Waals surface area contributed by atoms with Gasteiger partial charge in [0.15, 0.2) is 11.4 Å². The highest BCUT2D eigenvalue weighted by atomic mass is 15.3. The monoisotopic (exact) mass is 268 g/mol. The number of hydrogen-bond donors (Lipinski definition) is 0. The molecular formula is C14H16N6. The Morgan fingerprint density at radius 2 is 2.00 bits per heavy atom. The van der Waals surface area contributed by atoms with E-state index in [0.29, 0.717) is 12.6 Å². The number of imidazole rings is 1. The van der Waals surface area contributed by atoms with Crippen LogP contribution < -0.4 is 0 Å². The van der Waals surface area contributed by atoms with Crippen LogP contribution in [0.15, 0.2) is 18.6 Å². The predicted molar refractivity (Wildman–Crippen MR) is 72.6 cm³/mol. The van der Waals surface area contributed by atoms with E-state index in [1.807, 2.05) is 29.1 Å². The van der Waals surface area contributed by atoms with Crippen molar-refractivity contribution in [2.75, 3.05) is 0 Å². The second kappa shape index (κ2) is 6.03. The van der Waals surface area contributed by atoms with E-state index in [2.05, 4.69) is 23.9 Å². The SMILES string of the molecule is CCC(CC)n1ccc(Cn2cnc(C#N)c2C#N)n1. The van der Waals surface area contributed by atoms with Gasteiger partial charge < -0.3 is 4.57 Å². The fourth-order valence-electron chi connectivity index (χ4n) is 2.20. The number of rotatable bonds is 5. The molecule has 102 valence electrons. The molecule has 6 heteroatoms. The third-order valence-corrected chi connectivity index (χ3v) is 3.36. The minimum absolute atomic E-state index is 0.159. The molecule has 0 saturated heterocycles. The molecule has 6 nitrogen and oxygen atoms in total. The van der Waals surface area contributed by atoms with Crippen LogP contribution in [-0.2, 0) is 6.54 Å². The maximum atomic E-state index is 9.08. The van der Waals surface area contributed by atoms with E-state index in [1.54, 1.807) is 4.57 Å². The highest BCUT2D eigenvalue weighted by molar-refractivity contribution is 5.36. The Morgan fingerprint density at radius 3 is 2.60 bits per heavy atom. The minimum atomic E-state index is 0.159. The highest BCUT2D eigenvalue weighted by Gasteiger charge is 2.12. The van der Waals surface area contributed by atoms with E-state index in [-0.39, 0.29) is 11.4 Å². The van der Waals surface area contributed by atoms with Crippen molar-refractivity contribution in [3.05, 3.63) is 35.7 Å². The van der Waals surface area contributed by atoms with E-state index < -0.39 is 0 Å². The summed E-state index contributed by atoms with van der Waals surface area (Å²) in [7, 11) is 0. The first-order valence-corrected chi connectivity index (χ1v) is 6.62. The lowest BCUT2D eigenvalue weighted by molar-refractivity contribution is 0.424. The topological polar surface area (TPSA) is 83.2 Å². The number of nitriles is 2. The summed E-state index contributed by atoms with van der Waals surface area (Å²) in [6, 6.07) is 6.26. The van der Waals surface area contributed by atoms with Crippen LogP contribution in [0, 0.1) is 22.7 Å². The van der Waals surface area contributed by atoms with Crippen molar-refractivity contribution in [3.63, 3.8) is 0 Å². The quantitative estimate of drug-likeness (QED) is 0.832. The van der Waals surface area contributed by atoms with Gasteiger partial charge in [-0.2, -0.15) is 15.6 Å². The molecule has 0 radical (unpaired) electrons. The second-order valence-electron chi connectivity index (χ2n) is 4.55. The fourth-order valence-corrected chi connectivity index (χ4v) is 2.20. The Balaban J connectivity index is 2.22. The maximum absolute atomic E-state index is 9.08. The largest absolute Gasteiger partial charge is 0.315 e. The van der Waals surface area contributed by atoms with Crippen molar-refractivity contribution in [3.8, 4) is 12.1 Å². The van der Waals surface area contributed by atoms with Crippen molar-refractivity contribution in [1.29, 1.82) is 10.5 Å². The van der Waals surface area contributed by atoms with E-state index in [4.69, 9.17) is 10.5 Å². The summed E-state index contributed by atoms with van der Waals surface area (Å²) < 4.78 is 3.61. The van der Waals surface area contributed by atoms with Crippen molar-refractivity contribution >= 4 is 0 Å². The molecule has 0 aliphatic heterocycles. The van der Waals surface area contributed by atoms with Gasteiger partial charge in [0, 0.05) is 6.20 Å². The molecule has 0 aromatic carbocycles. The first-order chi connectivity index (χ1) is 9.73. The molecule has 0 unspecified atom stereocenters. The lowest BCUT2D eigenvalue weighted by Gasteiger charge is -2.12. The molecule has 0 aliphatic rings. The lowest BCUT2D eigenvalue weighted by atomic mass is 10.2. The van der Waals surface area contributed by atoms with Crippen molar-refractivity contribution in [1.82, 2.24) is 19.3 Å². The van der Waals surface area contributed by atoms with Gasteiger partial charge in [0.05, 0.1) is 24.6 Å². The predicted octanol–water partition coefficient (Wildman–Crippen LogP) is 2.23. The van der Waals surface area contributed by atoms with Gasteiger partial charge in [0.1, 0.15) is 12.1 Å². The normalized spacial score (nSPS) is 10.4. The van der Waals surface area contributed by atoms with Gasteiger partial charge in [0.25, 0.3) is 0 Å². The third-order valence-electron chi connectivity index (χ3n) is 3.36. The number of aromatic nitrogens is 4. The summed E-state index contributed by atoms with van der Waals surface area (Å²) in [5, 5.41) is 22.5. The molecule has 2 rings (SSSR count). The Kier molecular flexibility index (Phi) is 4.17. The Morgan fingerprint density at radius 1 is 1.25 bits per heavy atom. The average Bonchev–Trinajstić information content (AvgIpc) is 3.07. The van der Waals surface area contributed by atoms with Gasteiger partial charge in [-0.1, -0.05) is 13.8 Å². The molecule has 2 aromatic rings. The number of hydrogen-bond acceptors (Lipinski definition) is 4. The van der Waals surface area contributed by atoms with Crippen molar-refractivity contribution in [2.24, 2.45) is 0 Å². The second-order valence-corrected chi connectivity index (χ2v) is 4.55. The van der Waals surface area contributed by atoms with Gasteiger partial charge in [-0.15, -0.1) is 0 Å². The molecule has 0 saturated carbocycles. The molecule has 20 heavy (non-hydrogen) atoms. The Hall–Kier alpha value is -2.60. The number of nitrogens with zero attached hydrogens (tertiary/aromatic N) is 6. The third kappa shape index (κ3) is 2.55.